The molecule has 0 aliphatic rings. The number of aromatic hydroxyl groups is 1. The molecule has 0 spiro atoms. The predicted octanol–water partition coefficient (Wildman–Crippen LogP) is 3.32. The number of H-pyrrole nitrogens is 1. The second-order valence-corrected chi connectivity index (χ2v) is 7.33. The van der Waals surface area contributed by atoms with Crippen LogP contribution in [0.1, 0.15) is 15.2 Å². The van der Waals surface area contributed by atoms with Gasteiger partial charge in [0.2, 0.25) is 5.78 Å². The zero-order valence-corrected chi connectivity index (χ0v) is 13.3. The van der Waals surface area contributed by atoms with Crippen molar-refractivity contribution in [1.82, 2.24) is 4.98 Å². The van der Waals surface area contributed by atoms with Crippen LogP contribution in [0.5, 0.6) is 5.75 Å². The average Bonchev–Trinajstić information content (AvgIpc) is 3.05. The number of aromatic amines is 1. The minimum Gasteiger partial charge on any atom is -0.506 e. The summed E-state index contributed by atoms with van der Waals surface area (Å²) in [6, 6.07) is 10.0. The number of ketones is 1. The van der Waals surface area contributed by atoms with E-state index in [1.807, 2.05) is 6.07 Å². The van der Waals surface area contributed by atoms with E-state index in [1.54, 1.807) is 24.3 Å². The first-order chi connectivity index (χ1) is 11.1. The van der Waals surface area contributed by atoms with Gasteiger partial charge in [-0.1, -0.05) is 30.3 Å². The number of nitrogens with one attached hydrogen (secondary N) is 1. The fraction of sp³-hybridized carbons (Fsp3) is 0. The van der Waals surface area contributed by atoms with Crippen LogP contribution in [0.3, 0.4) is 0 Å². The molecule has 0 aliphatic heterocycles. The number of anilines is 1. The Balaban J connectivity index is 1.99. The van der Waals surface area contributed by atoms with Crippen LogP contribution in [0.4, 0.5) is 5.69 Å². The van der Waals surface area contributed by atoms with Crippen LogP contribution in [-0.4, -0.2) is 15.9 Å². The molecule has 0 atom stereocenters. The number of nitrogen functional groups attached to an aromatic ring is 1. The largest absolute Gasteiger partial charge is 0.506 e. The van der Waals surface area contributed by atoms with Crippen LogP contribution >= 0.6 is 22.7 Å². The number of nitrogens with two attached hydrogens (primary N) is 1. The summed E-state index contributed by atoms with van der Waals surface area (Å²) in [5, 5.41) is 10.5. The Bertz CT molecular complexity index is 1120. The summed E-state index contributed by atoms with van der Waals surface area (Å²) in [7, 11) is 0. The summed E-state index contributed by atoms with van der Waals surface area (Å²) >= 11 is 2.59. The number of fused-ring (bicyclic) bond motifs is 3. The number of thiophene rings is 2. The fourth-order valence-corrected chi connectivity index (χ4v) is 5.03. The summed E-state index contributed by atoms with van der Waals surface area (Å²) in [5.41, 5.74) is 7.16. The molecule has 4 rings (SSSR count). The van der Waals surface area contributed by atoms with Gasteiger partial charge in [0.15, 0.2) is 0 Å². The molecule has 0 aliphatic carbocycles. The van der Waals surface area contributed by atoms with Gasteiger partial charge in [0.1, 0.15) is 10.6 Å². The minimum absolute atomic E-state index is 0.0764. The third kappa shape index (κ3) is 2.05. The molecule has 0 amide bonds. The molecule has 3 aromatic heterocycles. The molecule has 114 valence electrons. The van der Waals surface area contributed by atoms with Gasteiger partial charge in [0, 0.05) is 11.6 Å². The van der Waals surface area contributed by atoms with Crippen molar-refractivity contribution in [3.63, 3.8) is 0 Å². The average molecular weight is 342 g/mol. The maximum Gasteiger partial charge on any atom is 0.252 e. The third-order valence-electron chi connectivity index (χ3n) is 3.58. The van der Waals surface area contributed by atoms with E-state index in [0.29, 0.717) is 31.7 Å². The van der Waals surface area contributed by atoms with Crippen molar-refractivity contribution in [3.05, 3.63) is 57.2 Å². The SMILES string of the molecule is Nc1c(C(=O)c2ccccc2)sc2sc3c(O)cc(=O)[nH]c3c12. The molecule has 5 nitrogen and oxygen atoms in total. The molecule has 1 aromatic carbocycles. The van der Waals surface area contributed by atoms with Crippen molar-refractivity contribution < 1.29 is 9.90 Å². The van der Waals surface area contributed by atoms with Gasteiger partial charge in [-0.3, -0.25) is 9.59 Å². The summed E-state index contributed by atoms with van der Waals surface area (Å²) < 4.78 is 1.37. The second-order valence-electron chi connectivity index (χ2n) is 5.03. The first-order valence-electron chi connectivity index (χ1n) is 6.73. The predicted molar refractivity (Wildman–Crippen MR) is 93.8 cm³/mol. The van der Waals surface area contributed by atoms with Gasteiger partial charge in [-0.2, -0.15) is 0 Å². The third-order valence-corrected chi connectivity index (χ3v) is 6.08. The van der Waals surface area contributed by atoms with Crippen molar-refractivity contribution in [1.29, 1.82) is 0 Å². The molecule has 23 heavy (non-hydrogen) atoms. The van der Waals surface area contributed by atoms with Crippen LogP contribution < -0.4 is 11.3 Å². The maximum atomic E-state index is 12.6. The Morgan fingerprint density at radius 2 is 1.91 bits per heavy atom. The van der Waals surface area contributed by atoms with Gasteiger partial charge in [0.05, 0.1) is 25.3 Å². The molecule has 0 saturated carbocycles. The molecule has 3 heterocycles. The number of hydrogen-bond donors (Lipinski definition) is 3. The molecule has 4 aromatic rings. The number of rotatable bonds is 2. The Hall–Kier alpha value is -2.64. The van der Waals surface area contributed by atoms with Gasteiger partial charge in [-0.15, -0.1) is 22.7 Å². The number of aromatic nitrogens is 1. The molecule has 0 saturated heterocycles. The number of carbonyl (C=O) groups excluding carboxylic acids is 1. The van der Waals surface area contributed by atoms with Crippen molar-refractivity contribution in [2.45, 2.75) is 0 Å². The molecule has 0 fully saturated rings. The molecular formula is C16H10N2O3S2. The van der Waals surface area contributed by atoms with Gasteiger partial charge in [-0.25, -0.2) is 0 Å². The van der Waals surface area contributed by atoms with E-state index < -0.39 is 5.56 Å². The standard InChI is InChI=1S/C16H10N2O3S2/c17-11-10-12-14(8(19)6-9(20)18-12)22-16(10)23-15(11)13(21)7-4-2-1-3-5-7/h1-6H,17H2,(H2,18,19,20). The number of benzene rings is 1. The van der Waals surface area contributed by atoms with E-state index in [-0.39, 0.29) is 11.5 Å². The quantitative estimate of drug-likeness (QED) is 0.487. The van der Waals surface area contributed by atoms with E-state index in [4.69, 9.17) is 5.73 Å². The monoisotopic (exact) mass is 342 g/mol. The highest BCUT2D eigenvalue weighted by Gasteiger charge is 2.22. The maximum absolute atomic E-state index is 12.6. The zero-order chi connectivity index (χ0) is 16.1. The number of hydrogen-bond acceptors (Lipinski definition) is 6. The molecule has 7 heteroatoms. The van der Waals surface area contributed by atoms with Gasteiger partial charge in [0.25, 0.3) is 5.56 Å². The lowest BCUT2D eigenvalue weighted by molar-refractivity contribution is 0.104. The lowest BCUT2D eigenvalue weighted by Gasteiger charge is -2.00. The minimum atomic E-state index is -0.406. The van der Waals surface area contributed by atoms with Gasteiger partial charge in [-0.05, 0) is 0 Å². The van der Waals surface area contributed by atoms with Crippen LogP contribution in [-0.2, 0) is 0 Å². The highest BCUT2D eigenvalue weighted by atomic mass is 32.2. The van der Waals surface area contributed by atoms with Crippen molar-refractivity contribution in [3.8, 4) is 5.75 Å². The van der Waals surface area contributed by atoms with Crippen molar-refractivity contribution >= 4 is 53.8 Å². The Kier molecular flexibility index (Phi) is 3.00. The summed E-state index contributed by atoms with van der Waals surface area (Å²) in [5.74, 6) is -0.223. The lowest BCUT2D eigenvalue weighted by atomic mass is 10.1. The summed E-state index contributed by atoms with van der Waals surface area (Å²) in [4.78, 5) is 27.4. The van der Waals surface area contributed by atoms with Crippen LogP contribution in [0.25, 0.3) is 19.6 Å². The molecular weight excluding hydrogens is 332 g/mol. The highest BCUT2D eigenvalue weighted by Crippen LogP contribution is 2.45. The smallest absolute Gasteiger partial charge is 0.252 e. The Morgan fingerprint density at radius 3 is 2.65 bits per heavy atom. The molecule has 4 N–H and O–H groups in total. The number of pyridine rings is 1. The Labute approximate surface area is 137 Å². The lowest BCUT2D eigenvalue weighted by Crippen LogP contribution is -2.03. The summed E-state index contributed by atoms with van der Waals surface area (Å²) in [6.45, 7) is 0. The topological polar surface area (TPSA) is 96.2 Å². The van der Waals surface area contributed by atoms with Crippen LogP contribution in [0, 0.1) is 0 Å². The van der Waals surface area contributed by atoms with E-state index in [0.717, 1.165) is 10.1 Å². The molecule has 0 radical (unpaired) electrons. The fourth-order valence-electron chi connectivity index (χ4n) is 2.53. The second kappa shape index (κ2) is 4.94. The van der Waals surface area contributed by atoms with E-state index in [2.05, 4.69) is 4.98 Å². The zero-order valence-electron chi connectivity index (χ0n) is 11.6. The highest BCUT2D eigenvalue weighted by molar-refractivity contribution is 7.42. The van der Waals surface area contributed by atoms with Crippen LogP contribution in [0.2, 0.25) is 0 Å². The van der Waals surface area contributed by atoms with E-state index >= 15 is 0 Å². The van der Waals surface area contributed by atoms with Crippen LogP contribution in [0.15, 0.2) is 41.2 Å². The first kappa shape index (κ1) is 14.0. The van der Waals surface area contributed by atoms with Gasteiger partial charge < -0.3 is 15.8 Å². The van der Waals surface area contributed by atoms with Gasteiger partial charge >= 0.3 is 0 Å². The van der Waals surface area contributed by atoms with E-state index in [1.165, 1.54) is 22.7 Å². The number of carbonyl (C=O) groups is 1. The summed E-state index contributed by atoms with van der Waals surface area (Å²) in [6.07, 6.45) is 0. The van der Waals surface area contributed by atoms with Crippen molar-refractivity contribution in [2.24, 2.45) is 0 Å². The molecule has 0 unspecified atom stereocenters. The van der Waals surface area contributed by atoms with E-state index in [9.17, 15) is 14.7 Å². The Morgan fingerprint density at radius 1 is 1.17 bits per heavy atom. The van der Waals surface area contributed by atoms with Crippen molar-refractivity contribution in [2.75, 3.05) is 5.73 Å². The first-order valence-corrected chi connectivity index (χ1v) is 8.36. The molecule has 0 bridgehead atoms. The normalized spacial score (nSPS) is 11.3.